The van der Waals surface area contributed by atoms with Crippen molar-refractivity contribution in [3.05, 3.63) is 0 Å². The fraction of sp³-hybridized carbons (Fsp3) is 1.00. The van der Waals surface area contributed by atoms with Crippen LogP contribution in [0, 0.1) is 0 Å². The van der Waals surface area contributed by atoms with E-state index in [1.54, 1.807) is 34.6 Å². The van der Waals surface area contributed by atoms with E-state index in [2.05, 4.69) is 0 Å². The SMILES string of the molecule is COC1(C)C(C)(O)C(C)(C)OC(C)(CO)C1(C)O. The van der Waals surface area contributed by atoms with Gasteiger partial charge in [-0.15, -0.1) is 0 Å². The summed E-state index contributed by atoms with van der Waals surface area (Å²) in [6, 6.07) is 0. The van der Waals surface area contributed by atoms with E-state index < -0.39 is 28.0 Å². The molecule has 0 aromatic rings. The van der Waals surface area contributed by atoms with Gasteiger partial charge in [0.15, 0.2) is 0 Å². The van der Waals surface area contributed by atoms with Gasteiger partial charge in [-0.25, -0.2) is 0 Å². The summed E-state index contributed by atoms with van der Waals surface area (Å²) in [5.74, 6) is 0. The Morgan fingerprint density at radius 3 is 1.72 bits per heavy atom. The van der Waals surface area contributed by atoms with Gasteiger partial charge >= 0.3 is 0 Å². The molecule has 1 aliphatic heterocycles. The van der Waals surface area contributed by atoms with Crippen LogP contribution in [0.5, 0.6) is 0 Å². The van der Waals surface area contributed by atoms with Gasteiger partial charge in [0.1, 0.15) is 22.4 Å². The maximum atomic E-state index is 10.8. The molecule has 0 aromatic heterocycles. The largest absolute Gasteiger partial charge is 0.393 e. The molecule has 18 heavy (non-hydrogen) atoms. The van der Waals surface area contributed by atoms with E-state index in [-0.39, 0.29) is 6.61 Å². The van der Waals surface area contributed by atoms with Gasteiger partial charge in [-0.1, -0.05) is 0 Å². The van der Waals surface area contributed by atoms with Crippen LogP contribution in [0.25, 0.3) is 0 Å². The van der Waals surface area contributed by atoms with Gasteiger partial charge in [0.25, 0.3) is 0 Å². The molecule has 1 saturated heterocycles. The lowest BCUT2D eigenvalue weighted by Gasteiger charge is -2.66. The number of aliphatic hydroxyl groups excluding tert-OH is 1. The summed E-state index contributed by atoms with van der Waals surface area (Å²) in [6.45, 7) is 9.38. The first kappa shape index (κ1) is 15.9. The number of ether oxygens (including phenoxy) is 2. The molecule has 0 aromatic carbocycles. The van der Waals surface area contributed by atoms with Gasteiger partial charge in [0.2, 0.25) is 0 Å². The monoisotopic (exact) mass is 262 g/mol. The van der Waals surface area contributed by atoms with Crippen LogP contribution in [-0.2, 0) is 9.47 Å². The van der Waals surface area contributed by atoms with Crippen LogP contribution < -0.4 is 0 Å². The minimum Gasteiger partial charge on any atom is -0.393 e. The summed E-state index contributed by atoms with van der Waals surface area (Å²) in [5, 5.41) is 31.2. The van der Waals surface area contributed by atoms with Crippen molar-refractivity contribution in [3.8, 4) is 0 Å². The summed E-state index contributed by atoms with van der Waals surface area (Å²) >= 11 is 0. The van der Waals surface area contributed by atoms with Gasteiger partial charge in [0, 0.05) is 7.11 Å². The van der Waals surface area contributed by atoms with Gasteiger partial charge in [-0.2, -0.15) is 0 Å². The Hall–Kier alpha value is -0.200. The van der Waals surface area contributed by atoms with E-state index in [1.807, 2.05) is 0 Å². The molecule has 5 heteroatoms. The lowest BCUT2D eigenvalue weighted by atomic mass is 9.58. The van der Waals surface area contributed by atoms with Crippen molar-refractivity contribution in [2.45, 2.75) is 69.5 Å². The van der Waals surface area contributed by atoms with Gasteiger partial charge in [0.05, 0.1) is 12.2 Å². The molecule has 1 aliphatic rings. The average Bonchev–Trinajstić information content (AvgIpc) is 2.24. The van der Waals surface area contributed by atoms with E-state index in [1.165, 1.54) is 14.0 Å². The highest BCUT2D eigenvalue weighted by molar-refractivity contribution is 5.23. The van der Waals surface area contributed by atoms with E-state index in [0.29, 0.717) is 0 Å². The zero-order chi connectivity index (χ0) is 14.6. The van der Waals surface area contributed by atoms with Gasteiger partial charge in [-0.3, -0.25) is 0 Å². The predicted molar refractivity (Wildman–Crippen MR) is 67.3 cm³/mol. The maximum absolute atomic E-state index is 10.8. The van der Waals surface area contributed by atoms with Gasteiger partial charge in [-0.05, 0) is 41.5 Å². The van der Waals surface area contributed by atoms with Crippen molar-refractivity contribution in [1.29, 1.82) is 0 Å². The second-order valence-corrected chi connectivity index (χ2v) is 6.38. The zero-order valence-electron chi connectivity index (χ0n) is 12.4. The van der Waals surface area contributed by atoms with Gasteiger partial charge < -0.3 is 24.8 Å². The summed E-state index contributed by atoms with van der Waals surface area (Å²) in [6.07, 6.45) is 0. The highest BCUT2D eigenvalue weighted by Gasteiger charge is 2.73. The summed E-state index contributed by atoms with van der Waals surface area (Å²) in [4.78, 5) is 0. The third kappa shape index (κ3) is 1.51. The topological polar surface area (TPSA) is 79.2 Å². The van der Waals surface area contributed by atoms with Crippen LogP contribution >= 0.6 is 0 Å². The zero-order valence-corrected chi connectivity index (χ0v) is 12.4. The first-order valence-corrected chi connectivity index (χ1v) is 6.14. The Kier molecular flexibility index (Phi) is 3.43. The highest BCUT2D eigenvalue weighted by atomic mass is 16.6. The van der Waals surface area contributed by atoms with Crippen molar-refractivity contribution < 1.29 is 24.8 Å². The van der Waals surface area contributed by atoms with Crippen LogP contribution in [0.2, 0.25) is 0 Å². The fourth-order valence-corrected chi connectivity index (χ4v) is 2.90. The molecule has 0 radical (unpaired) electrons. The van der Waals surface area contributed by atoms with E-state index in [4.69, 9.17) is 9.47 Å². The molecule has 1 rings (SSSR count). The molecule has 0 aliphatic carbocycles. The van der Waals surface area contributed by atoms with Crippen LogP contribution in [0.1, 0.15) is 41.5 Å². The number of hydrogen-bond donors (Lipinski definition) is 3. The molecule has 1 heterocycles. The predicted octanol–water partition coefficient (Wildman–Crippen LogP) is 0.453. The molecule has 4 atom stereocenters. The molecule has 0 bridgehead atoms. The highest BCUT2D eigenvalue weighted by Crippen LogP contribution is 2.54. The van der Waals surface area contributed by atoms with Crippen LogP contribution in [-0.4, -0.2) is 57.0 Å². The summed E-state index contributed by atoms with van der Waals surface area (Å²) in [5.41, 5.74) is -6.52. The number of rotatable bonds is 2. The Labute approximate surface area is 109 Å². The van der Waals surface area contributed by atoms with Crippen LogP contribution in [0.3, 0.4) is 0 Å². The quantitative estimate of drug-likeness (QED) is 0.673. The van der Waals surface area contributed by atoms with Crippen molar-refractivity contribution >= 4 is 0 Å². The molecule has 4 unspecified atom stereocenters. The molecule has 3 N–H and O–H groups in total. The minimum absolute atomic E-state index is 0.377. The van der Waals surface area contributed by atoms with Crippen LogP contribution in [0.15, 0.2) is 0 Å². The minimum atomic E-state index is -1.57. The second-order valence-electron chi connectivity index (χ2n) is 6.38. The number of aliphatic hydroxyl groups is 3. The number of hydrogen-bond acceptors (Lipinski definition) is 5. The smallest absolute Gasteiger partial charge is 0.127 e. The Bertz CT molecular complexity index is 336. The lowest BCUT2D eigenvalue weighted by Crippen LogP contribution is -2.84. The fourth-order valence-electron chi connectivity index (χ4n) is 2.90. The normalized spacial score (nSPS) is 52.3. The molecule has 108 valence electrons. The summed E-state index contributed by atoms with van der Waals surface area (Å²) in [7, 11) is 1.43. The molecule has 0 amide bonds. The number of methoxy groups -OCH3 is 1. The third-order valence-corrected chi connectivity index (χ3v) is 5.25. The first-order chi connectivity index (χ1) is 7.83. The third-order valence-electron chi connectivity index (χ3n) is 5.25. The molecule has 0 spiro atoms. The van der Waals surface area contributed by atoms with Crippen molar-refractivity contribution in [3.63, 3.8) is 0 Å². The molecular formula is C13H26O5. The maximum Gasteiger partial charge on any atom is 0.127 e. The average molecular weight is 262 g/mol. The second kappa shape index (κ2) is 3.90. The standard InChI is InChI=1S/C13H26O5/c1-9(2)11(4,15)13(6,17-7)12(5,16)10(3,8-14)18-9/h14-16H,8H2,1-7H3. The molecule has 0 saturated carbocycles. The Balaban J connectivity index is 3.52. The van der Waals surface area contributed by atoms with E-state index >= 15 is 0 Å². The van der Waals surface area contributed by atoms with Crippen molar-refractivity contribution in [1.82, 2.24) is 0 Å². The van der Waals surface area contributed by atoms with Crippen molar-refractivity contribution in [2.24, 2.45) is 0 Å². The Morgan fingerprint density at radius 2 is 1.39 bits per heavy atom. The Morgan fingerprint density at radius 1 is 0.944 bits per heavy atom. The van der Waals surface area contributed by atoms with Crippen LogP contribution in [0.4, 0.5) is 0 Å². The van der Waals surface area contributed by atoms with E-state index in [0.717, 1.165) is 0 Å². The summed E-state index contributed by atoms with van der Waals surface area (Å²) < 4.78 is 11.3. The first-order valence-electron chi connectivity index (χ1n) is 6.14. The molecular weight excluding hydrogens is 236 g/mol. The molecule has 1 fully saturated rings. The van der Waals surface area contributed by atoms with E-state index in [9.17, 15) is 15.3 Å². The van der Waals surface area contributed by atoms with Crippen molar-refractivity contribution in [2.75, 3.05) is 13.7 Å². The molecule has 5 nitrogen and oxygen atoms in total. The lowest BCUT2D eigenvalue weighted by molar-refractivity contribution is -0.402.